The van der Waals surface area contributed by atoms with Crippen LogP contribution in [-0.4, -0.2) is 18.4 Å². The molecular weight excluding hydrogens is 284 g/mol. The van der Waals surface area contributed by atoms with E-state index in [0.29, 0.717) is 17.2 Å². The molecule has 4 heteroatoms. The van der Waals surface area contributed by atoms with Crippen molar-refractivity contribution in [1.82, 2.24) is 0 Å². The summed E-state index contributed by atoms with van der Waals surface area (Å²) in [5.41, 5.74) is 3.07. The third-order valence-electron chi connectivity index (χ3n) is 3.21. The molecule has 0 aliphatic rings. The van der Waals surface area contributed by atoms with Gasteiger partial charge in [0.1, 0.15) is 23.0 Å². The van der Waals surface area contributed by atoms with Crippen molar-refractivity contribution in [3.8, 4) is 0 Å². The first kappa shape index (κ1) is 13.6. The Morgan fingerprint density at radius 2 is 1.76 bits per heavy atom. The molecule has 0 atom stereocenters. The summed E-state index contributed by atoms with van der Waals surface area (Å²) in [7, 11) is 0. The van der Waals surface area contributed by atoms with Crippen LogP contribution < -0.4 is 0 Å². The standard InChI is InChI=1S/C17H13ClN2O/c1-19-16-13-9-5-6-10-14(13)21-17(16)15(20-11-18)12-7-3-2-4-8-12/h2-10H,1,11H2/b20-15-. The Morgan fingerprint density at radius 1 is 1.05 bits per heavy atom. The molecule has 0 N–H and O–H groups in total. The molecule has 0 saturated carbocycles. The van der Waals surface area contributed by atoms with Gasteiger partial charge in [0.15, 0.2) is 5.76 Å². The van der Waals surface area contributed by atoms with Gasteiger partial charge in [-0.25, -0.2) is 0 Å². The van der Waals surface area contributed by atoms with E-state index in [1.54, 1.807) is 0 Å². The van der Waals surface area contributed by atoms with Crippen LogP contribution in [0.25, 0.3) is 11.0 Å². The van der Waals surface area contributed by atoms with Crippen LogP contribution in [0.1, 0.15) is 11.3 Å². The van der Waals surface area contributed by atoms with E-state index in [1.807, 2.05) is 54.6 Å². The van der Waals surface area contributed by atoms with E-state index in [0.717, 1.165) is 16.5 Å². The van der Waals surface area contributed by atoms with Crippen LogP contribution in [0.4, 0.5) is 5.69 Å². The number of fused-ring (bicyclic) bond motifs is 1. The summed E-state index contributed by atoms with van der Waals surface area (Å²) in [6, 6.07) is 17.6. The maximum Gasteiger partial charge on any atom is 0.179 e. The van der Waals surface area contributed by atoms with Crippen LogP contribution in [0.3, 0.4) is 0 Å². The lowest BCUT2D eigenvalue weighted by atomic mass is 10.1. The van der Waals surface area contributed by atoms with Crippen molar-refractivity contribution in [1.29, 1.82) is 0 Å². The minimum atomic E-state index is 0.151. The molecule has 3 rings (SSSR count). The lowest BCUT2D eigenvalue weighted by molar-refractivity contribution is 0.606. The molecule has 0 aliphatic carbocycles. The highest BCUT2D eigenvalue weighted by Gasteiger charge is 2.19. The number of nitrogens with zero attached hydrogens (tertiary/aromatic N) is 2. The van der Waals surface area contributed by atoms with Crippen LogP contribution in [0.2, 0.25) is 0 Å². The van der Waals surface area contributed by atoms with Gasteiger partial charge in [-0.2, -0.15) is 0 Å². The van der Waals surface area contributed by atoms with E-state index in [2.05, 4.69) is 16.7 Å². The van der Waals surface area contributed by atoms with E-state index in [4.69, 9.17) is 16.0 Å². The van der Waals surface area contributed by atoms with Gasteiger partial charge in [-0.05, 0) is 18.9 Å². The smallest absolute Gasteiger partial charge is 0.179 e. The number of hydrogen-bond acceptors (Lipinski definition) is 3. The Balaban J connectivity index is 2.26. The topological polar surface area (TPSA) is 37.9 Å². The molecule has 0 unspecified atom stereocenters. The highest BCUT2D eigenvalue weighted by atomic mass is 35.5. The van der Waals surface area contributed by atoms with Gasteiger partial charge < -0.3 is 4.42 Å². The number of para-hydroxylation sites is 1. The Morgan fingerprint density at radius 3 is 2.48 bits per heavy atom. The quantitative estimate of drug-likeness (QED) is 0.387. The molecule has 21 heavy (non-hydrogen) atoms. The summed E-state index contributed by atoms with van der Waals surface area (Å²) in [5.74, 6) is 0.595. The average molecular weight is 297 g/mol. The number of halogens is 1. The van der Waals surface area contributed by atoms with Crippen LogP contribution in [-0.2, 0) is 0 Å². The van der Waals surface area contributed by atoms with E-state index < -0.39 is 0 Å². The lowest BCUT2D eigenvalue weighted by Gasteiger charge is -2.04. The predicted molar refractivity (Wildman–Crippen MR) is 88.2 cm³/mol. The van der Waals surface area contributed by atoms with E-state index in [1.165, 1.54) is 0 Å². The molecule has 0 bridgehead atoms. The van der Waals surface area contributed by atoms with Gasteiger partial charge in [0.25, 0.3) is 0 Å². The van der Waals surface area contributed by atoms with Crippen molar-refractivity contribution < 1.29 is 4.42 Å². The largest absolute Gasteiger partial charge is 0.452 e. The van der Waals surface area contributed by atoms with Crippen molar-refractivity contribution in [2.45, 2.75) is 0 Å². The third kappa shape index (κ3) is 2.48. The summed E-state index contributed by atoms with van der Waals surface area (Å²) in [6.07, 6.45) is 0. The number of alkyl halides is 1. The zero-order chi connectivity index (χ0) is 14.7. The molecule has 0 fully saturated rings. The number of rotatable bonds is 4. The molecule has 104 valence electrons. The Hall–Kier alpha value is -2.39. The Labute approximate surface area is 127 Å². The Kier molecular flexibility index (Phi) is 3.84. The maximum atomic E-state index is 5.94. The fraction of sp³-hybridized carbons (Fsp3) is 0.0588. The van der Waals surface area contributed by atoms with Crippen molar-refractivity contribution >= 4 is 40.7 Å². The van der Waals surface area contributed by atoms with E-state index in [9.17, 15) is 0 Å². The van der Waals surface area contributed by atoms with E-state index >= 15 is 0 Å². The van der Waals surface area contributed by atoms with Crippen molar-refractivity contribution in [3.05, 3.63) is 65.9 Å². The highest BCUT2D eigenvalue weighted by molar-refractivity contribution is 6.21. The van der Waals surface area contributed by atoms with Gasteiger partial charge >= 0.3 is 0 Å². The maximum absolute atomic E-state index is 5.94. The van der Waals surface area contributed by atoms with Crippen LogP contribution >= 0.6 is 11.6 Å². The molecule has 1 aromatic heterocycles. The lowest BCUT2D eigenvalue weighted by Crippen LogP contribution is -2.02. The van der Waals surface area contributed by atoms with Crippen LogP contribution in [0.5, 0.6) is 0 Å². The second-order valence-electron chi connectivity index (χ2n) is 4.43. The zero-order valence-corrected chi connectivity index (χ0v) is 12.0. The molecule has 1 heterocycles. The molecule has 3 nitrogen and oxygen atoms in total. The fourth-order valence-corrected chi connectivity index (χ4v) is 2.42. The molecule has 0 aliphatic heterocycles. The fourth-order valence-electron chi connectivity index (χ4n) is 2.30. The average Bonchev–Trinajstić information content (AvgIpc) is 2.91. The molecule has 0 amide bonds. The molecule has 3 aromatic rings. The van der Waals surface area contributed by atoms with Crippen LogP contribution in [0, 0.1) is 0 Å². The summed E-state index contributed by atoms with van der Waals surface area (Å²) in [6.45, 7) is 3.65. The van der Waals surface area contributed by atoms with Gasteiger partial charge in [-0.15, -0.1) is 11.6 Å². The molecule has 0 spiro atoms. The van der Waals surface area contributed by atoms with Gasteiger partial charge in [0.05, 0.1) is 0 Å². The first-order chi connectivity index (χ1) is 10.3. The highest BCUT2D eigenvalue weighted by Crippen LogP contribution is 2.34. The van der Waals surface area contributed by atoms with Gasteiger partial charge in [-0.3, -0.25) is 9.98 Å². The number of benzene rings is 2. The van der Waals surface area contributed by atoms with Gasteiger partial charge in [0.2, 0.25) is 0 Å². The number of aliphatic imine (C=N–C) groups is 2. The second-order valence-corrected chi connectivity index (χ2v) is 4.67. The summed E-state index contributed by atoms with van der Waals surface area (Å²) in [4.78, 5) is 8.49. The molecule has 0 radical (unpaired) electrons. The summed E-state index contributed by atoms with van der Waals surface area (Å²) < 4.78 is 5.94. The molecule has 0 saturated heterocycles. The minimum absolute atomic E-state index is 0.151. The normalized spacial score (nSPS) is 11.8. The number of furan rings is 1. The minimum Gasteiger partial charge on any atom is -0.452 e. The van der Waals surface area contributed by atoms with Crippen molar-refractivity contribution in [3.63, 3.8) is 0 Å². The summed E-state index contributed by atoms with van der Waals surface area (Å²) >= 11 is 5.81. The Bertz CT molecular complexity index is 806. The predicted octanol–water partition coefficient (Wildman–Crippen LogP) is 4.80. The van der Waals surface area contributed by atoms with Gasteiger partial charge in [0, 0.05) is 10.9 Å². The first-order valence-electron chi connectivity index (χ1n) is 6.49. The number of hydrogen-bond donors (Lipinski definition) is 0. The van der Waals surface area contributed by atoms with Gasteiger partial charge in [-0.1, -0.05) is 42.5 Å². The van der Waals surface area contributed by atoms with Crippen LogP contribution in [0.15, 0.2) is 69.0 Å². The monoisotopic (exact) mass is 296 g/mol. The second kappa shape index (κ2) is 5.94. The third-order valence-corrected chi connectivity index (χ3v) is 3.33. The molecular formula is C17H13ClN2O. The zero-order valence-electron chi connectivity index (χ0n) is 11.3. The van der Waals surface area contributed by atoms with Crippen molar-refractivity contribution in [2.75, 3.05) is 6.00 Å². The first-order valence-corrected chi connectivity index (χ1v) is 7.03. The van der Waals surface area contributed by atoms with E-state index in [-0.39, 0.29) is 6.00 Å². The van der Waals surface area contributed by atoms with Crippen molar-refractivity contribution in [2.24, 2.45) is 9.98 Å². The summed E-state index contributed by atoms with van der Waals surface area (Å²) in [5, 5.41) is 0.917. The molecule has 2 aromatic carbocycles. The SMILES string of the molecule is C=Nc1c(/C(=N\CCl)c2ccccc2)oc2ccccc12.